The van der Waals surface area contributed by atoms with Gasteiger partial charge in [0.1, 0.15) is 0 Å². The topological polar surface area (TPSA) is 60.4 Å². The van der Waals surface area contributed by atoms with Crippen molar-refractivity contribution >= 4 is 11.1 Å². The normalized spacial score (nSPS) is 17.9. The van der Waals surface area contributed by atoms with Gasteiger partial charge in [-0.15, -0.1) is 0 Å². The Kier molecular flexibility index (Phi) is 4.03. The van der Waals surface area contributed by atoms with Crippen molar-refractivity contribution in [2.45, 2.75) is 19.4 Å². The first kappa shape index (κ1) is 8.07. The summed E-state index contributed by atoms with van der Waals surface area (Å²) in [6.45, 7) is 1.73. The number of aliphatic hydroxyl groups excluding tert-OH is 1. The highest BCUT2D eigenvalue weighted by Gasteiger charge is 1.97. The number of hydrogen-bond acceptors (Lipinski definition) is 3. The molecule has 0 rings (SSSR count). The zero-order valence-electron chi connectivity index (χ0n) is 4.66. The molecule has 2 atom stereocenters. The molecule has 50 valence electrons. The highest BCUT2D eigenvalue weighted by atomic mass is 32.2. The summed E-state index contributed by atoms with van der Waals surface area (Å²) in [6.07, 6.45) is -0.193. The van der Waals surface area contributed by atoms with Crippen LogP contribution < -0.4 is 0 Å². The van der Waals surface area contributed by atoms with Crippen molar-refractivity contribution in [1.29, 1.82) is 0 Å². The van der Waals surface area contributed by atoms with Crippen LogP contribution in [0.3, 0.4) is 0 Å². The molecule has 0 bridgehead atoms. The van der Waals surface area contributed by atoms with Crippen molar-refractivity contribution in [3.63, 3.8) is 0 Å². The van der Waals surface area contributed by atoms with Crippen LogP contribution in [0.1, 0.15) is 13.3 Å². The lowest BCUT2D eigenvalue weighted by molar-refractivity contribution is 0.192. The minimum atomic E-state index is -2.10. The van der Waals surface area contributed by atoms with Crippen molar-refractivity contribution in [2.75, 3.05) is 5.75 Å². The summed E-state index contributed by atoms with van der Waals surface area (Å²) in [6, 6.07) is 0. The molecule has 3 nitrogen and oxygen atoms in total. The minimum Gasteiger partial charge on any atom is -0.772 e. The lowest BCUT2D eigenvalue weighted by Crippen LogP contribution is -2.14. The predicted molar refractivity (Wildman–Crippen MR) is 30.1 cm³/mol. The van der Waals surface area contributed by atoms with Gasteiger partial charge in [-0.1, -0.05) is 18.0 Å². The standard InChI is InChI=1S/C4H10O3S/c1-2-4(5)3-8(6)7/h4-5H,2-3H2,1H3,(H,6,7)/p-1. The van der Waals surface area contributed by atoms with Crippen LogP contribution in [0.4, 0.5) is 0 Å². The third-order valence-corrected chi connectivity index (χ3v) is 1.46. The Morgan fingerprint density at radius 2 is 2.38 bits per heavy atom. The highest BCUT2D eigenvalue weighted by Crippen LogP contribution is 1.89. The van der Waals surface area contributed by atoms with Gasteiger partial charge in [0.15, 0.2) is 0 Å². The van der Waals surface area contributed by atoms with Crippen LogP contribution in [0.25, 0.3) is 0 Å². The van der Waals surface area contributed by atoms with Crippen molar-refractivity contribution < 1.29 is 13.9 Å². The molecule has 0 aromatic carbocycles. The lowest BCUT2D eigenvalue weighted by atomic mass is 10.3. The smallest absolute Gasteiger partial charge is 0.0641 e. The Morgan fingerprint density at radius 3 is 2.50 bits per heavy atom. The van der Waals surface area contributed by atoms with Crippen molar-refractivity contribution in [3.8, 4) is 0 Å². The predicted octanol–water partition coefficient (Wildman–Crippen LogP) is -0.364. The molecule has 0 aromatic rings. The molecule has 0 spiro atoms. The molecule has 0 saturated carbocycles. The first-order valence-electron chi connectivity index (χ1n) is 2.40. The third kappa shape index (κ3) is 4.23. The monoisotopic (exact) mass is 137 g/mol. The fraction of sp³-hybridized carbons (Fsp3) is 1.00. The second-order valence-electron chi connectivity index (χ2n) is 1.53. The van der Waals surface area contributed by atoms with Gasteiger partial charge in [0.25, 0.3) is 0 Å². The van der Waals surface area contributed by atoms with E-state index in [0.29, 0.717) is 6.42 Å². The van der Waals surface area contributed by atoms with Gasteiger partial charge >= 0.3 is 0 Å². The van der Waals surface area contributed by atoms with E-state index in [1.165, 1.54) is 0 Å². The largest absolute Gasteiger partial charge is 0.772 e. The van der Waals surface area contributed by atoms with E-state index in [1.54, 1.807) is 6.92 Å². The van der Waals surface area contributed by atoms with Crippen LogP contribution in [0.2, 0.25) is 0 Å². The average Bonchev–Trinajstić information content (AvgIpc) is 1.65. The van der Waals surface area contributed by atoms with Crippen molar-refractivity contribution in [1.82, 2.24) is 0 Å². The van der Waals surface area contributed by atoms with E-state index in [2.05, 4.69) is 0 Å². The second kappa shape index (κ2) is 4.00. The van der Waals surface area contributed by atoms with E-state index >= 15 is 0 Å². The van der Waals surface area contributed by atoms with E-state index in [0.717, 1.165) is 0 Å². The molecule has 0 aliphatic carbocycles. The summed E-state index contributed by atoms with van der Waals surface area (Å²) in [5, 5.41) is 8.64. The third-order valence-electron chi connectivity index (χ3n) is 0.800. The van der Waals surface area contributed by atoms with Crippen LogP contribution in [-0.2, 0) is 11.1 Å². The SMILES string of the molecule is CCC(O)CS(=O)[O-]. The first-order chi connectivity index (χ1) is 3.66. The van der Waals surface area contributed by atoms with Crippen molar-refractivity contribution in [2.24, 2.45) is 0 Å². The molecule has 1 N–H and O–H groups in total. The lowest BCUT2D eigenvalue weighted by Gasteiger charge is -2.08. The zero-order chi connectivity index (χ0) is 6.57. The van der Waals surface area contributed by atoms with E-state index in [1.807, 2.05) is 0 Å². The molecule has 0 aliphatic rings. The molecule has 0 amide bonds. The van der Waals surface area contributed by atoms with E-state index in [9.17, 15) is 8.76 Å². The molecule has 8 heavy (non-hydrogen) atoms. The molecular weight excluding hydrogens is 128 g/mol. The van der Waals surface area contributed by atoms with Crippen LogP contribution in [-0.4, -0.2) is 25.7 Å². The Bertz CT molecular complexity index is 83.4. The molecular formula is C4H9O3S-. The van der Waals surface area contributed by atoms with Crippen LogP contribution in [0.15, 0.2) is 0 Å². The number of rotatable bonds is 3. The van der Waals surface area contributed by atoms with E-state index < -0.39 is 17.2 Å². The van der Waals surface area contributed by atoms with Gasteiger partial charge in [-0.3, -0.25) is 4.21 Å². The van der Waals surface area contributed by atoms with Gasteiger partial charge in [-0.25, -0.2) is 0 Å². The fourth-order valence-corrected chi connectivity index (χ4v) is 0.825. The molecule has 0 radical (unpaired) electrons. The number of aliphatic hydroxyl groups is 1. The van der Waals surface area contributed by atoms with Gasteiger partial charge in [-0.05, 0) is 6.42 Å². The van der Waals surface area contributed by atoms with Crippen LogP contribution in [0.5, 0.6) is 0 Å². The average molecular weight is 137 g/mol. The van der Waals surface area contributed by atoms with Gasteiger partial charge in [0.2, 0.25) is 0 Å². The highest BCUT2D eigenvalue weighted by molar-refractivity contribution is 7.79. The molecule has 0 heterocycles. The summed E-state index contributed by atoms with van der Waals surface area (Å²) in [4.78, 5) is 0. The summed E-state index contributed by atoms with van der Waals surface area (Å²) in [5.74, 6) is -0.142. The molecule has 4 heteroatoms. The Morgan fingerprint density at radius 1 is 1.88 bits per heavy atom. The number of hydrogen-bond donors (Lipinski definition) is 1. The zero-order valence-corrected chi connectivity index (χ0v) is 5.48. The Balaban J connectivity index is 3.24. The van der Waals surface area contributed by atoms with Crippen molar-refractivity contribution in [3.05, 3.63) is 0 Å². The van der Waals surface area contributed by atoms with Gasteiger partial charge in [0, 0.05) is 5.75 Å². The Hall–Kier alpha value is 0.0700. The quantitative estimate of drug-likeness (QED) is 0.540. The fourth-order valence-electron chi connectivity index (χ4n) is 0.275. The molecule has 0 fully saturated rings. The summed E-state index contributed by atoms with van der Waals surface area (Å²) in [7, 11) is 0. The molecule has 0 aromatic heterocycles. The molecule has 0 saturated heterocycles. The van der Waals surface area contributed by atoms with Crippen LogP contribution in [0, 0.1) is 0 Å². The molecule has 0 aliphatic heterocycles. The first-order valence-corrected chi connectivity index (χ1v) is 3.65. The van der Waals surface area contributed by atoms with E-state index in [-0.39, 0.29) is 5.75 Å². The maximum absolute atomic E-state index is 9.81. The van der Waals surface area contributed by atoms with Crippen LogP contribution >= 0.6 is 0 Å². The van der Waals surface area contributed by atoms with Gasteiger partial charge < -0.3 is 9.66 Å². The van der Waals surface area contributed by atoms with Gasteiger partial charge in [-0.2, -0.15) is 0 Å². The Labute approximate surface area is 51.0 Å². The second-order valence-corrected chi connectivity index (χ2v) is 2.47. The molecule has 2 unspecified atom stereocenters. The summed E-state index contributed by atoms with van der Waals surface area (Å²) < 4.78 is 19.6. The maximum atomic E-state index is 9.81. The minimum absolute atomic E-state index is 0.142. The van der Waals surface area contributed by atoms with E-state index in [4.69, 9.17) is 5.11 Å². The summed E-state index contributed by atoms with van der Waals surface area (Å²) >= 11 is -2.10. The van der Waals surface area contributed by atoms with Gasteiger partial charge in [0.05, 0.1) is 6.10 Å². The summed E-state index contributed by atoms with van der Waals surface area (Å²) in [5.41, 5.74) is 0. The maximum Gasteiger partial charge on any atom is 0.0641 e.